The molecule has 0 aromatic heterocycles. The van der Waals surface area contributed by atoms with Crippen molar-refractivity contribution >= 4 is 29.3 Å². The number of hydrogen-bond acceptors (Lipinski definition) is 7. The molecule has 0 unspecified atom stereocenters. The molecule has 206 valence electrons. The van der Waals surface area contributed by atoms with Crippen molar-refractivity contribution in [3.8, 4) is 18.2 Å². The first-order chi connectivity index (χ1) is 19.1. The van der Waals surface area contributed by atoms with E-state index in [1.807, 2.05) is 68.1 Å². The van der Waals surface area contributed by atoms with Crippen molar-refractivity contribution in [1.29, 1.82) is 15.8 Å². The first-order valence-corrected chi connectivity index (χ1v) is 12.8. The van der Waals surface area contributed by atoms with E-state index in [1.54, 1.807) is 12.1 Å². The maximum absolute atomic E-state index is 12.5. The number of nitrogens with one attached hydrogen (secondary N) is 2. The van der Waals surface area contributed by atoms with Gasteiger partial charge in [0, 0.05) is 18.8 Å². The SMILES string of the molecule is C=C(C)c1cccc(C(C)(C)NC(=O)OCCNC(=O)/C(C#N)=C/c2ccc(N(CCC#N)CCC#N)cc2)c1. The molecule has 0 saturated carbocycles. The van der Waals surface area contributed by atoms with Crippen LogP contribution in [0.3, 0.4) is 0 Å². The monoisotopic (exact) mass is 538 g/mol. The third kappa shape index (κ3) is 9.67. The Hall–Kier alpha value is -5.07. The highest BCUT2D eigenvalue weighted by Gasteiger charge is 2.24. The number of hydrogen-bond donors (Lipinski definition) is 2. The molecule has 0 aliphatic carbocycles. The minimum absolute atomic E-state index is 0.0303. The van der Waals surface area contributed by atoms with Crippen LogP contribution in [0.25, 0.3) is 11.6 Å². The molecule has 2 rings (SSSR count). The molecule has 0 aliphatic rings. The molecule has 9 heteroatoms. The topological polar surface area (TPSA) is 142 Å². The van der Waals surface area contributed by atoms with Gasteiger partial charge in [-0.15, -0.1) is 0 Å². The number of rotatable bonds is 13. The van der Waals surface area contributed by atoms with Crippen LogP contribution in [0.15, 0.2) is 60.7 Å². The second-order valence-electron chi connectivity index (χ2n) is 9.57. The lowest BCUT2D eigenvalue weighted by molar-refractivity contribution is -0.117. The zero-order valence-corrected chi connectivity index (χ0v) is 23.2. The highest BCUT2D eigenvalue weighted by Crippen LogP contribution is 2.23. The van der Waals surface area contributed by atoms with Crippen LogP contribution in [0.2, 0.25) is 0 Å². The molecule has 0 aliphatic heterocycles. The molecule has 40 heavy (non-hydrogen) atoms. The number of allylic oxidation sites excluding steroid dienone is 1. The Morgan fingerprint density at radius 2 is 1.70 bits per heavy atom. The number of ether oxygens (including phenoxy) is 1. The van der Waals surface area contributed by atoms with Crippen LogP contribution < -0.4 is 15.5 Å². The Morgan fingerprint density at radius 3 is 2.27 bits per heavy atom. The molecule has 2 amide bonds. The number of carbonyl (C=O) groups is 2. The summed E-state index contributed by atoms with van der Waals surface area (Å²) in [7, 11) is 0. The van der Waals surface area contributed by atoms with Crippen molar-refractivity contribution < 1.29 is 14.3 Å². The molecular formula is C31H34N6O3. The fourth-order valence-corrected chi connectivity index (χ4v) is 3.78. The number of anilines is 1. The molecule has 0 fully saturated rings. The summed E-state index contributed by atoms with van der Waals surface area (Å²) in [4.78, 5) is 26.8. The van der Waals surface area contributed by atoms with Gasteiger partial charge in [0.25, 0.3) is 5.91 Å². The number of nitrogens with zero attached hydrogens (tertiary/aromatic N) is 4. The summed E-state index contributed by atoms with van der Waals surface area (Å²) in [5, 5.41) is 32.6. The van der Waals surface area contributed by atoms with Crippen LogP contribution in [0.5, 0.6) is 0 Å². The molecule has 9 nitrogen and oxygen atoms in total. The van der Waals surface area contributed by atoms with Gasteiger partial charge in [-0.25, -0.2) is 4.79 Å². The molecular weight excluding hydrogens is 504 g/mol. The van der Waals surface area contributed by atoms with Crippen molar-refractivity contribution in [2.45, 2.75) is 39.2 Å². The molecule has 0 bridgehead atoms. The lowest BCUT2D eigenvalue weighted by atomic mass is 9.92. The molecule has 0 radical (unpaired) electrons. The number of alkyl carbamates (subject to hydrolysis) is 1. The minimum atomic E-state index is -0.694. The van der Waals surface area contributed by atoms with Crippen molar-refractivity contribution in [3.63, 3.8) is 0 Å². The average molecular weight is 539 g/mol. The number of benzene rings is 2. The second kappa shape index (κ2) is 15.4. The van der Waals surface area contributed by atoms with Crippen LogP contribution in [0.4, 0.5) is 10.5 Å². The fraction of sp³-hybridized carbons (Fsp3) is 0.323. The first kappa shape index (κ1) is 31.1. The molecule has 2 N–H and O–H groups in total. The fourth-order valence-electron chi connectivity index (χ4n) is 3.78. The standard InChI is InChI=1S/C31H34N6O3/c1-23(2)25-8-5-9-27(21-25)31(3,4)36-30(39)40-19-16-35-29(38)26(22-34)20-24-10-12-28(13-11-24)37(17-6-14-32)18-7-15-33/h5,8-13,20-21H,1,6-7,16-19H2,2-4H3,(H,35,38)(H,36,39)/b26-20+. The quantitative estimate of drug-likeness (QED) is 0.207. The van der Waals surface area contributed by atoms with Crippen molar-refractivity contribution in [3.05, 3.63) is 77.4 Å². The van der Waals surface area contributed by atoms with Crippen molar-refractivity contribution in [2.75, 3.05) is 31.1 Å². The van der Waals surface area contributed by atoms with E-state index in [-0.39, 0.29) is 18.7 Å². The summed E-state index contributed by atoms with van der Waals surface area (Å²) in [5.74, 6) is -0.586. The van der Waals surface area contributed by atoms with Crippen LogP contribution in [0.1, 0.15) is 50.3 Å². The lowest BCUT2D eigenvalue weighted by Crippen LogP contribution is -2.42. The first-order valence-electron chi connectivity index (χ1n) is 12.8. The maximum Gasteiger partial charge on any atom is 0.407 e. The predicted octanol–water partition coefficient (Wildman–Crippen LogP) is 5.04. The Balaban J connectivity index is 1.90. The van der Waals surface area contributed by atoms with Gasteiger partial charge < -0.3 is 20.3 Å². The third-order valence-corrected chi connectivity index (χ3v) is 6.03. The van der Waals surface area contributed by atoms with Gasteiger partial charge in [-0.2, -0.15) is 15.8 Å². The van der Waals surface area contributed by atoms with Crippen molar-refractivity contribution in [2.24, 2.45) is 0 Å². The van der Waals surface area contributed by atoms with Gasteiger partial charge in [-0.1, -0.05) is 42.5 Å². The molecule has 0 spiro atoms. The van der Waals surface area contributed by atoms with E-state index in [9.17, 15) is 14.9 Å². The molecule has 0 heterocycles. The van der Waals surface area contributed by atoms with Gasteiger partial charge in [0.2, 0.25) is 0 Å². The Bertz CT molecular complexity index is 1340. The smallest absolute Gasteiger partial charge is 0.407 e. The molecule has 0 saturated heterocycles. The summed E-state index contributed by atoms with van der Waals surface area (Å²) < 4.78 is 5.22. The summed E-state index contributed by atoms with van der Waals surface area (Å²) in [6.45, 7) is 10.5. The zero-order chi connectivity index (χ0) is 29.5. The zero-order valence-electron chi connectivity index (χ0n) is 23.2. The highest BCUT2D eigenvalue weighted by molar-refractivity contribution is 6.01. The van der Waals surface area contributed by atoms with E-state index >= 15 is 0 Å². The van der Waals surface area contributed by atoms with E-state index in [1.165, 1.54) is 6.08 Å². The van der Waals surface area contributed by atoms with E-state index < -0.39 is 17.5 Å². The van der Waals surface area contributed by atoms with E-state index in [4.69, 9.17) is 15.3 Å². The number of amides is 2. The van der Waals surface area contributed by atoms with E-state index in [2.05, 4.69) is 29.4 Å². The van der Waals surface area contributed by atoms with E-state index in [0.717, 1.165) is 22.4 Å². The summed E-state index contributed by atoms with van der Waals surface area (Å²) in [6, 6.07) is 21.0. The summed E-state index contributed by atoms with van der Waals surface area (Å²) in [5.41, 5.74) is 3.49. The van der Waals surface area contributed by atoms with Gasteiger partial charge in [0.15, 0.2) is 0 Å². The third-order valence-electron chi connectivity index (χ3n) is 6.03. The lowest BCUT2D eigenvalue weighted by Gasteiger charge is -2.27. The van der Waals surface area contributed by atoms with Crippen LogP contribution in [-0.4, -0.2) is 38.2 Å². The number of carbonyl (C=O) groups excluding carboxylic acids is 2. The minimum Gasteiger partial charge on any atom is -0.448 e. The summed E-state index contributed by atoms with van der Waals surface area (Å²) >= 11 is 0. The maximum atomic E-state index is 12.5. The van der Waals surface area contributed by atoms with Crippen molar-refractivity contribution in [1.82, 2.24) is 10.6 Å². The molecule has 2 aromatic carbocycles. The predicted molar refractivity (Wildman–Crippen MR) is 154 cm³/mol. The van der Waals surface area contributed by atoms with Crippen LogP contribution in [-0.2, 0) is 15.1 Å². The van der Waals surface area contributed by atoms with Gasteiger partial charge in [0.1, 0.15) is 18.2 Å². The molecule has 0 atom stereocenters. The Kier molecular flexibility index (Phi) is 12.0. The van der Waals surface area contributed by atoms with Gasteiger partial charge in [-0.3, -0.25) is 4.79 Å². The Labute approximate surface area is 236 Å². The van der Waals surface area contributed by atoms with Gasteiger partial charge in [-0.05, 0) is 61.7 Å². The summed E-state index contributed by atoms with van der Waals surface area (Å²) in [6.07, 6.45) is 1.49. The second-order valence-corrected chi connectivity index (χ2v) is 9.57. The average Bonchev–Trinajstić information content (AvgIpc) is 2.94. The highest BCUT2D eigenvalue weighted by atomic mass is 16.5. The van der Waals surface area contributed by atoms with Crippen LogP contribution >= 0.6 is 0 Å². The van der Waals surface area contributed by atoms with Crippen LogP contribution in [0, 0.1) is 34.0 Å². The van der Waals surface area contributed by atoms with E-state index in [0.29, 0.717) is 31.5 Å². The normalized spacial score (nSPS) is 10.8. The number of nitriles is 3. The Morgan fingerprint density at radius 1 is 1.05 bits per heavy atom. The largest absolute Gasteiger partial charge is 0.448 e. The molecule has 2 aromatic rings. The van der Waals surface area contributed by atoms with Gasteiger partial charge >= 0.3 is 6.09 Å². The van der Waals surface area contributed by atoms with Gasteiger partial charge in [0.05, 0.1) is 37.1 Å².